The lowest BCUT2D eigenvalue weighted by molar-refractivity contribution is -0.125. The fraction of sp³-hybridized carbons (Fsp3) is 0.556. The predicted octanol–water partition coefficient (Wildman–Crippen LogP) is 2.49. The molecule has 1 aromatic heterocycles. The lowest BCUT2D eigenvalue weighted by atomic mass is 10.1. The van der Waals surface area contributed by atoms with Gasteiger partial charge in [-0.25, -0.2) is 0 Å². The van der Waals surface area contributed by atoms with Crippen LogP contribution in [0.3, 0.4) is 0 Å². The summed E-state index contributed by atoms with van der Waals surface area (Å²) in [7, 11) is 1.52. The number of hydrogen-bond donors (Lipinski definition) is 1. The number of hydrogen-bond acceptors (Lipinski definition) is 4. The summed E-state index contributed by atoms with van der Waals surface area (Å²) in [4.78, 5) is 40.6. The highest BCUT2D eigenvalue weighted by atomic mass is 16.2. The molecule has 0 radical (unpaired) electrons. The second kappa shape index (κ2) is 11.3. The summed E-state index contributed by atoms with van der Waals surface area (Å²) in [5, 5.41) is 2.54. The molecule has 6 nitrogen and oxygen atoms in total. The number of likely N-dealkylation sites (N-methyl/N-ethyl adjacent to an activating group) is 1. The standard InChI is InChI=1S/C14H17N3O3.2C2H6/c1-9-5-6-10-11(16-9)8-17(14(10)20)12(4-3-7-18)13(19)15-2;2*1-2/h5-7,12H,3-4,8H2,1-2H3,(H,15,19);2*1-2H3. The van der Waals surface area contributed by atoms with Gasteiger partial charge < -0.3 is 15.0 Å². The van der Waals surface area contributed by atoms with Crippen LogP contribution in [0.2, 0.25) is 0 Å². The quantitative estimate of drug-likeness (QED) is 0.839. The summed E-state index contributed by atoms with van der Waals surface area (Å²) in [6.45, 7) is 10.2. The summed E-state index contributed by atoms with van der Waals surface area (Å²) in [6.07, 6.45) is 1.32. The summed E-state index contributed by atoms with van der Waals surface area (Å²) in [5.41, 5.74) is 2.06. The number of aromatic nitrogens is 1. The minimum absolute atomic E-state index is 0.202. The zero-order chi connectivity index (χ0) is 18.7. The van der Waals surface area contributed by atoms with Crippen molar-refractivity contribution in [1.29, 1.82) is 0 Å². The maximum Gasteiger partial charge on any atom is 0.256 e. The van der Waals surface area contributed by atoms with Gasteiger partial charge in [-0.1, -0.05) is 27.7 Å². The van der Waals surface area contributed by atoms with Crippen molar-refractivity contribution < 1.29 is 14.4 Å². The number of nitrogens with one attached hydrogen (secondary N) is 1. The van der Waals surface area contributed by atoms with Crippen molar-refractivity contribution in [3.63, 3.8) is 0 Å². The minimum Gasteiger partial charge on any atom is -0.357 e. The molecular formula is C18H29N3O3. The number of aryl methyl sites for hydroxylation is 1. The summed E-state index contributed by atoms with van der Waals surface area (Å²) >= 11 is 0. The molecule has 1 aromatic rings. The Hall–Kier alpha value is -2.24. The number of pyridine rings is 1. The molecule has 2 rings (SSSR count). The molecule has 1 atom stereocenters. The Morgan fingerprint density at radius 2 is 1.96 bits per heavy atom. The Morgan fingerprint density at radius 1 is 1.33 bits per heavy atom. The molecule has 0 saturated carbocycles. The summed E-state index contributed by atoms with van der Waals surface area (Å²) < 4.78 is 0. The number of fused-ring (bicyclic) bond motifs is 1. The van der Waals surface area contributed by atoms with E-state index in [0.717, 1.165) is 12.0 Å². The molecule has 2 amide bonds. The van der Waals surface area contributed by atoms with E-state index in [4.69, 9.17) is 0 Å². The fourth-order valence-electron chi connectivity index (χ4n) is 2.39. The number of amides is 2. The number of carbonyl (C=O) groups excluding carboxylic acids is 3. The molecule has 1 aliphatic heterocycles. The average Bonchev–Trinajstić information content (AvgIpc) is 2.94. The van der Waals surface area contributed by atoms with E-state index in [1.54, 1.807) is 12.1 Å². The van der Waals surface area contributed by atoms with Crippen LogP contribution in [0.15, 0.2) is 12.1 Å². The molecule has 2 heterocycles. The Labute approximate surface area is 144 Å². The van der Waals surface area contributed by atoms with E-state index in [0.29, 0.717) is 24.2 Å². The highest BCUT2D eigenvalue weighted by Crippen LogP contribution is 2.25. The zero-order valence-electron chi connectivity index (χ0n) is 15.5. The average molecular weight is 335 g/mol. The van der Waals surface area contributed by atoms with Crippen molar-refractivity contribution in [3.05, 3.63) is 29.1 Å². The van der Waals surface area contributed by atoms with Crippen LogP contribution in [0, 0.1) is 6.92 Å². The SMILES string of the molecule is CC.CC.CNC(=O)C(CCC=O)N1Cc2nc(C)ccc2C1=O. The first-order valence-electron chi connectivity index (χ1n) is 8.51. The Balaban J connectivity index is 0.00000123. The predicted molar refractivity (Wildman–Crippen MR) is 94.7 cm³/mol. The molecule has 1 unspecified atom stereocenters. The van der Waals surface area contributed by atoms with Gasteiger partial charge in [-0.05, 0) is 25.5 Å². The number of aldehydes is 1. The van der Waals surface area contributed by atoms with Crippen LogP contribution in [0.4, 0.5) is 0 Å². The molecule has 24 heavy (non-hydrogen) atoms. The fourth-order valence-corrected chi connectivity index (χ4v) is 2.39. The van der Waals surface area contributed by atoms with E-state index in [1.165, 1.54) is 11.9 Å². The van der Waals surface area contributed by atoms with E-state index < -0.39 is 6.04 Å². The normalized spacial score (nSPS) is 12.9. The monoisotopic (exact) mass is 335 g/mol. The van der Waals surface area contributed by atoms with Crippen LogP contribution in [0.5, 0.6) is 0 Å². The number of rotatable bonds is 5. The number of carbonyl (C=O) groups is 3. The highest BCUT2D eigenvalue weighted by molar-refractivity contribution is 6.00. The van der Waals surface area contributed by atoms with Gasteiger partial charge in [0.2, 0.25) is 5.91 Å². The molecule has 1 N–H and O–H groups in total. The molecule has 0 aromatic carbocycles. The van der Waals surface area contributed by atoms with Gasteiger partial charge in [0, 0.05) is 19.2 Å². The second-order valence-corrected chi connectivity index (χ2v) is 4.75. The van der Waals surface area contributed by atoms with Gasteiger partial charge in [-0.3, -0.25) is 14.6 Å². The maximum absolute atomic E-state index is 12.4. The van der Waals surface area contributed by atoms with Crippen LogP contribution in [-0.4, -0.2) is 41.1 Å². The molecule has 1 aliphatic rings. The van der Waals surface area contributed by atoms with Crippen LogP contribution < -0.4 is 5.32 Å². The third kappa shape index (κ3) is 5.15. The first-order chi connectivity index (χ1) is 11.6. The Morgan fingerprint density at radius 3 is 2.50 bits per heavy atom. The lowest BCUT2D eigenvalue weighted by Crippen LogP contribution is -2.46. The van der Waals surface area contributed by atoms with E-state index in [-0.39, 0.29) is 18.2 Å². The van der Waals surface area contributed by atoms with E-state index in [2.05, 4.69) is 10.3 Å². The van der Waals surface area contributed by atoms with Crippen molar-refractivity contribution in [2.45, 2.75) is 60.0 Å². The van der Waals surface area contributed by atoms with Gasteiger partial charge in [0.05, 0.1) is 17.8 Å². The van der Waals surface area contributed by atoms with E-state index in [9.17, 15) is 14.4 Å². The van der Waals surface area contributed by atoms with Gasteiger partial charge in [0.25, 0.3) is 5.91 Å². The van der Waals surface area contributed by atoms with Crippen molar-refractivity contribution in [2.75, 3.05) is 7.05 Å². The summed E-state index contributed by atoms with van der Waals surface area (Å²) in [5.74, 6) is -0.461. The van der Waals surface area contributed by atoms with Gasteiger partial charge in [-0.15, -0.1) is 0 Å². The topological polar surface area (TPSA) is 79.4 Å². The first kappa shape index (κ1) is 21.8. The van der Waals surface area contributed by atoms with Crippen molar-refractivity contribution in [3.8, 4) is 0 Å². The van der Waals surface area contributed by atoms with Gasteiger partial charge in [0.1, 0.15) is 12.3 Å². The smallest absolute Gasteiger partial charge is 0.256 e. The largest absolute Gasteiger partial charge is 0.357 e. The first-order valence-corrected chi connectivity index (χ1v) is 8.51. The zero-order valence-corrected chi connectivity index (χ0v) is 15.5. The molecule has 0 saturated heterocycles. The van der Waals surface area contributed by atoms with Crippen LogP contribution in [0.25, 0.3) is 0 Å². The van der Waals surface area contributed by atoms with Crippen LogP contribution in [-0.2, 0) is 16.1 Å². The Bertz CT molecular complexity index is 558. The lowest BCUT2D eigenvalue weighted by Gasteiger charge is -2.25. The Kier molecular flexibility index (Phi) is 10.3. The molecule has 0 fully saturated rings. The molecule has 0 aliphatic carbocycles. The number of nitrogens with zero attached hydrogens (tertiary/aromatic N) is 2. The van der Waals surface area contributed by atoms with E-state index >= 15 is 0 Å². The second-order valence-electron chi connectivity index (χ2n) is 4.75. The van der Waals surface area contributed by atoms with Crippen molar-refractivity contribution >= 4 is 18.1 Å². The molecule has 0 spiro atoms. The third-order valence-corrected chi connectivity index (χ3v) is 3.41. The van der Waals surface area contributed by atoms with Crippen molar-refractivity contribution in [1.82, 2.24) is 15.2 Å². The van der Waals surface area contributed by atoms with Crippen LogP contribution >= 0.6 is 0 Å². The van der Waals surface area contributed by atoms with Gasteiger partial charge in [-0.2, -0.15) is 0 Å². The molecule has 134 valence electrons. The maximum atomic E-state index is 12.4. The molecule has 0 bridgehead atoms. The summed E-state index contributed by atoms with van der Waals surface area (Å²) in [6, 6.07) is 2.88. The van der Waals surface area contributed by atoms with Gasteiger partial charge >= 0.3 is 0 Å². The molecular weight excluding hydrogens is 306 g/mol. The van der Waals surface area contributed by atoms with E-state index in [1.807, 2.05) is 34.6 Å². The highest BCUT2D eigenvalue weighted by Gasteiger charge is 2.36. The third-order valence-electron chi connectivity index (χ3n) is 3.41. The minimum atomic E-state index is -0.632. The van der Waals surface area contributed by atoms with Crippen LogP contribution in [0.1, 0.15) is 62.3 Å². The molecule has 6 heteroatoms. The van der Waals surface area contributed by atoms with Gasteiger partial charge in [0.15, 0.2) is 0 Å². The van der Waals surface area contributed by atoms with Crippen molar-refractivity contribution in [2.24, 2.45) is 0 Å².